The number of anilines is 1. The van der Waals surface area contributed by atoms with Crippen molar-refractivity contribution in [3.8, 4) is 5.75 Å². The van der Waals surface area contributed by atoms with Gasteiger partial charge in [0.1, 0.15) is 11.6 Å². The number of nitrogens with one attached hydrogen (secondary N) is 2. The van der Waals surface area contributed by atoms with E-state index in [-0.39, 0.29) is 24.2 Å². The minimum Gasteiger partial charge on any atom is -0.494 e. The number of benzene rings is 2. The molecule has 0 radical (unpaired) electrons. The fourth-order valence-electron chi connectivity index (χ4n) is 3.75. The molecular formula is C22H25FN2O3. The Balaban J connectivity index is 1.61. The minimum atomic E-state index is -0.762. The van der Waals surface area contributed by atoms with E-state index in [2.05, 4.69) is 10.6 Å². The molecule has 0 bridgehead atoms. The molecular weight excluding hydrogens is 359 g/mol. The van der Waals surface area contributed by atoms with Gasteiger partial charge < -0.3 is 15.4 Å². The fraction of sp³-hybridized carbons (Fsp3) is 0.364. The summed E-state index contributed by atoms with van der Waals surface area (Å²) < 4.78 is 19.0. The third kappa shape index (κ3) is 4.50. The van der Waals surface area contributed by atoms with Crippen LogP contribution in [0.15, 0.2) is 48.5 Å². The van der Waals surface area contributed by atoms with Gasteiger partial charge in [0.15, 0.2) is 0 Å². The highest BCUT2D eigenvalue weighted by atomic mass is 19.1. The summed E-state index contributed by atoms with van der Waals surface area (Å²) in [5.74, 6) is -0.167. The Bertz CT molecular complexity index is 830. The second-order valence-corrected chi connectivity index (χ2v) is 6.99. The van der Waals surface area contributed by atoms with Gasteiger partial charge in [-0.3, -0.25) is 9.59 Å². The molecule has 1 saturated carbocycles. The van der Waals surface area contributed by atoms with Gasteiger partial charge in [0.25, 0.3) is 0 Å². The molecule has 1 aliphatic rings. The van der Waals surface area contributed by atoms with E-state index in [1.807, 2.05) is 6.92 Å². The van der Waals surface area contributed by atoms with Gasteiger partial charge in [-0.05, 0) is 61.7 Å². The average molecular weight is 384 g/mol. The van der Waals surface area contributed by atoms with Crippen LogP contribution in [-0.4, -0.2) is 25.0 Å². The molecule has 148 valence electrons. The van der Waals surface area contributed by atoms with Gasteiger partial charge in [0, 0.05) is 5.69 Å². The van der Waals surface area contributed by atoms with Crippen LogP contribution in [0.5, 0.6) is 5.75 Å². The zero-order chi connectivity index (χ0) is 20.0. The van der Waals surface area contributed by atoms with E-state index >= 15 is 0 Å². The quantitative estimate of drug-likeness (QED) is 0.763. The van der Waals surface area contributed by atoms with Gasteiger partial charge in [-0.1, -0.05) is 25.0 Å². The van der Waals surface area contributed by atoms with Crippen molar-refractivity contribution < 1.29 is 18.7 Å². The van der Waals surface area contributed by atoms with E-state index in [0.717, 1.165) is 18.6 Å². The highest BCUT2D eigenvalue weighted by Crippen LogP contribution is 2.41. The van der Waals surface area contributed by atoms with Crippen molar-refractivity contribution >= 4 is 17.5 Å². The Morgan fingerprint density at radius 2 is 1.82 bits per heavy atom. The molecule has 6 heteroatoms. The van der Waals surface area contributed by atoms with Crippen molar-refractivity contribution in [3.63, 3.8) is 0 Å². The van der Waals surface area contributed by atoms with E-state index in [1.165, 1.54) is 12.1 Å². The van der Waals surface area contributed by atoms with Crippen LogP contribution < -0.4 is 15.4 Å². The van der Waals surface area contributed by atoms with E-state index < -0.39 is 5.41 Å². The van der Waals surface area contributed by atoms with Crippen LogP contribution in [0.2, 0.25) is 0 Å². The van der Waals surface area contributed by atoms with Gasteiger partial charge in [0.2, 0.25) is 11.8 Å². The predicted octanol–water partition coefficient (Wildman–Crippen LogP) is 3.79. The molecule has 0 heterocycles. The third-order valence-corrected chi connectivity index (χ3v) is 5.13. The van der Waals surface area contributed by atoms with Crippen LogP contribution in [0, 0.1) is 5.82 Å². The first-order valence-corrected chi connectivity index (χ1v) is 9.60. The number of carbonyl (C=O) groups is 2. The summed E-state index contributed by atoms with van der Waals surface area (Å²) in [7, 11) is 0. The Morgan fingerprint density at radius 3 is 2.46 bits per heavy atom. The predicted molar refractivity (Wildman–Crippen MR) is 106 cm³/mol. The first kappa shape index (κ1) is 19.9. The summed E-state index contributed by atoms with van der Waals surface area (Å²) in [6.45, 7) is 2.34. The second kappa shape index (κ2) is 8.87. The van der Waals surface area contributed by atoms with Gasteiger partial charge in [0.05, 0.1) is 18.6 Å². The minimum absolute atomic E-state index is 0.136. The van der Waals surface area contributed by atoms with Crippen molar-refractivity contribution in [1.82, 2.24) is 5.32 Å². The lowest BCUT2D eigenvalue weighted by Gasteiger charge is -2.28. The number of amides is 2. The van der Waals surface area contributed by atoms with E-state index in [0.29, 0.717) is 30.7 Å². The molecule has 28 heavy (non-hydrogen) atoms. The maximum Gasteiger partial charge on any atom is 0.243 e. The highest BCUT2D eigenvalue weighted by molar-refractivity contribution is 5.96. The molecule has 0 aromatic heterocycles. The Morgan fingerprint density at radius 1 is 1.11 bits per heavy atom. The lowest BCUT2D eigenvalue weighted by atomic mass is 9.78. The zero-order valence-electron chi connectivity index (χ0n) is 16.0. The Hall–Kier alpha value is -2.89. The first-order chi connectivity index (χ1) is 13.5. The van der Waals surface area contributed by atoms with Gasteiger partial charge in [-0.25, -0.2) is 4.39 Å². The standard InChI is InChI=1S/C22H25FN2O3/c1-2-28-19-10-8-18(9-11-19)25-20(26)15-24-21(27)22(12-3-4-13-22)16-6-5-7-17(23)14-16/h5-11,14H,2-4,12-13,15H2,1H3,(H,24,27)(H,25,26). The van der Waals surface area contributed by atoms with Gasteiger partial charge in [-0.15, -0.1) is 0 Å². The van der Waals surface area contributed by atoms with Gasteiger partial charge in [-0.2, -0.15) is 0 Å². The molecule has 2 N–H and O–H groups in total. The van der Waals surface area contributed by atoms with Crippen LogP contribution in [0.3, 0.4) is 0 Å². The van der Waals surface area contributed by atoms with Crippen LogP contribution in [0.25, 0.3) is 0 Å². The maximum absolute atomic E-state index is 13.7. The number of rotatable bonds is 7. The maximum atomic E-state index is 13.7. The summed E-state index contributed by atoms with van der Waals surface area (Å²) in [4.78, 5) is 25.1. The molecule has 0 atom stereocenters. The van der Waals surface area contributed by atoms with Crippen molar-refractivity contribution in [1.29, 1.82) is 0 Å². The van der Waals surface area contributed by atoms with E-state index in [1.54, 1.807) is 36.4 Å². The number of hydrogen-bond acceptors (Lipinski definition) is 3. The largest absolute Gasteiger partial charge is 0.494 e. The Labute approximate surface area is 164 Å². The van der Waals surface area contributed by atoms with Crippen molar-refractivity contribution in [2.75, 3.05) is 18.5 Å². The summed E-state index contributed by atoms with van der Waals surface area (Å²) in [5, 5.41) is 5.49. The Kier molecular flexibility index (Phi) is 6.29. The first-order valence-electron chi connectivity index (χ1n) is 9.60. The molecule has 0 spiro atoms. The van der Waals surface area contributed by atoms with Crippen LogP contribution in [0.1, 0.15) is 38.2 Å². The highest BCUT2D eigenvalue weighted by Gasteiger charge is 2.42. The number of ether oxygens (including phenoxy) is 1. The molecule has 5 nitrogen and oxygen atoms in total. The molecule has 2 amide bonds. The lowest BCUT2D eigenvalue weighted by molar-refractivity contribution is -0.128. The van der Waals surface area contributed by atoms with Crippen molar-refractivity contribution in [2.45, 2.75) is 38.0 Å². The van der Waals surface area contributed by atoms with Gasteiger partial charge >= 0.3 is 0 Å². The molecule has 2 aromatic rings. The summed E-state index contributed by atoms with van der Waals surface area (Å²) in [6.07, 6.45) is 3.12. The summed E-state index contributed by atoms with van der Waals surface area (Å²) >= 11 is 0. The molecule has 3 rings (SSSR count). The third-order valence-electron chi connectivity index (χ3n) is 5.13. The second-order valence-electron chi connectivity index (χ2n) is 6.99. The molecule has 0 saturated heterocycles. The SMILES string of the molecule is CCOc1ccc(NC(=O)CNC(=O)C2(c3cccc(F)c3)CCCC2)cc1. The van der Waals surface area contributed by atoms with Crippen molar-refractivity contribution in [3.05, 3.63) is 59.9 Å². The fourth-order valence-corrected chi connectivity index (χ4v) is 3.75. The summed E-state index contributed by atoms with van der Waals surface area (Å²) in [5.41, 5.74) is 0.541. The lowest BCUT2D eigenvalue weighted by Crippen LogP contribution is -2.45. The molecule has 1 aliphatic carbocycles. The average Bonchev–Trinajstić information content (AvgIpc) is 3.19. The summed E-state index contributed by atoms with van der Waals surface area (Å²) in [6, 6.07) is 13.2. The number of hydrogen-bond donors (Lipinski definition) is 2. The monoisotopic (exact) mass is 384 g/mol. The smallest absolute Gasteiger partial charge is 0.243 e. The van der Waals surface area contributed by atoms with Crippen LogP contribution >= 0.6 is 0 Å². The number of carbonyl (C=O) groups excluding carboxylic acids is 2. The zero-order valence-corrected chi connectivity index (χ0v) is 16.0. The molecule has 0 unspecified atom stereocenters. The number of halogens is 1. The van der Waals surface area contributed by atoms with Crippen molar-refractivity contribution in [2.24, 2.45) is 0 Å². The normalized spacial score (nSPS) is 15.1. The molecule has 1 fully saturated rings. The van der Waals surface area contributed by atoms with E-state index in [9.17, 15) is 14.0 Å². The van der Waals surface area contributed by atoms with E-state index in [4.69, 9.17) is 4.74 Å². The topological polar surface area (TPSA) is 67.4 Å². The molecule has 0 aliphatic heterocycles. The molecule has 2 aromatic carbocycles. The van der Waals surface area contributed by atoms with Crippen LogP contribution in [-0.2, 0) is 15.0 Å². The van der Waals surface area contributed by atoms with Crippen LogP contribution in [0.4, 0.5) is 10.1 Å².